The summed E-state index contributed by atoms with van der Waals surface area (Å²) in [6.45, 7) is 0. The molecule has 169 valence electrons. The predicted octanol–water partition coefficient (Wildman–Crippen LogP) is -0.399. The van der Waals surface area contributed by atoms with Crippen LogP contribution < -0.4 is 25.0 Å². The summed E-state index contributed by atoms with van der Waals surface area (Å²) < 4.78 is 48.9. The van der Waals surface area contributed by atoms with E-state index in [2.05, 4.69) is 0 Å². The quantitative estimate of drug-likeness (QED) is 0.348. The van der Waals surface area contributed by atoms with Gasteiger partial charge in [-0.15, -0.1) is 5.06 Å². The zero-order chi connectivity index (χ0) is 23.5. The van der Waals surface area contributed by atoms with Crippen LogP contribution in [-0.4, -0.2) is 42.1 Å². The first-order valence-corrected chi connectivity index (χ1v) is 12.0. The fourth-order valence-corrected chi connectivity index (χ4v) is 6.41. The number of hydroxylamine groups is 2. The van der Waals surface area contributed by atoms with Gasteiger partial charge in [0.25, 0.3) is 11.8 Å². The van der Waals surface area contributed by atoms with Crippen molar-refractivity contribution in [1.82, 2.24) is 5.06 Å². The fraction of sp³-hybridized carbons (Fsp3) is 0.200. The Morgan fingerprint density at radius 3 is 1.88 bits per heavy atom. The number of hydrogen-bond donors (Lipinski definition) is 0. The highest BCUT2D eigenvalue weighted by Gasteiger charge is 2.48. The van der Waals surface area contributed by atoms with Gasteiger partial charge in [-0.25, -0.2) is 12.7 Å². The van der Waals surface area contributed by atoms with Gasteiger partial charge in [-0.1, -0.05) is 0 Å². The van der Waals surface area contributed by atoms with Crippen LogP contribution in [0.1, 0.15) is 23.2 Å². The molecule has 0 aliphatic carbocycles. The molecule has 0 N–H and O–H groups in total. The van der Waals surface area contributed by atoms with Crippen molar-refractivity contribution in [3.05, 3.63) is 61.2 Å². The molecule has 1 saturated heterocycles. The third kappa shape index (κ3) is 5.36. The zero-order valence-corrected chi connectivity index (χ0v) is 18.5. The molecule has 1 heterocycles. The van der Waals surface area contributed by atoms with Gasteiger partial charge in [-0.2, -0.15) is 13.2 Å². The van der Waals surface area contributed by atoms with Crippen LogP contribution in [0.25, 0.3) is 0 Å². The summed E-state index contributed by atoms with van der Waals surface area (Å²) in [7, 11) is 1.43. The maximum absolute atomic E-state index is 12.8. The molecule has 2 aromatic rings. The van der Waals surface area contributed by atoms with Gasteiger partial charge in [-0.05, 0) is 48.5 Å². The Morgan fingerprint density at radius 1 is 0.906 bits per heavy atom. The highest BCUT2D eigenvalue weighted by Crippen LogP contribution is 2.16. The van der Waals surface area contributed by atoms with E-state index in [1.165, 1.54) is 55.6 Å². The second-order valence-corrected chi connectivity index (χ2v) is 10.6. The minimum absolute atomic E-state index is 0.0473. The first kappa shape index (κ1) is 23.5. The zero-order valence-electron chi connectivity index (χ0n) is 16.3. The smallest absolute Gasteiger partial charge is 0.496 e. The van der Waals surface area contributed by atoms with Crippen molar-refractivity contribution in [2.75, 3.05) is 7.11 Å². The van der Waals surface area contributed by atoms with E-state index in [1.54, 1.807) is 0 Å². The summed E-state index contributed by atoms with van der Waals surface area (Å²) in [6, 6.07) is 11.2. The van der Waals surface area contributed by atoms with E-state index in [9.17, 15) is 32.3 Å². The standard InChI is InChI=1S/C20H15F3INO7/c1-30-15-8-6-14(7-9-15)24(31-19(29)20(21,22)23)13-4-2-12(3-5-13)18(28)32-25-16(26)10-11-17(25)27/h2-9H,10-11H2,1H3/q+1. The van der Waals surface area contributed by atoms with Crippen molar-refractivity contribution in [3.63, 3.8) is 0 Å². The van der Waals surface area contributed by atoms with Crippen molar-refractivity contribution in [2.24, 2.45) is 0 Å². The largest absolute Gasteiger partial charge is 0.497 e. The van der Waals surface area contributed by atoms with Crippen LogP contribution in [0.4, 0.5) is 13.2 Å². The number of ether oxygens (including phenoxy) is 1. The van der Waals surface area contributed by atoms with E-state index in [-0.39, 0.29) is 18.4 Å². The topological polar surface area (TPSA) is 99.2 Å². The molecular formula is C20H15F3INO7+. The lowest BCUT2D eigenvalue weighted by Crippen LogP contribution is -3.85. The van der Waals surface area contributed by atoms with Gasteiger partial charge in [0.2, 0.25) is 0 Å². The average Bonchev–Trinajstić information content (AvgIpc) is 3.09. The third-order valence-electron chi connectivity index (χ3n) is 4.08. The molecule has 0 aromatic heterocycles. The monoisotopic (exact) mass is 565 g/mol. The van der Waals surface area contributed by atoms with Crippen LogP contribution >= 0.6 is 0 Å². The molecule has 1 fully saturated rings. The fourth-order valence-electron chi connectivity index (χ4n) is 2.51. The molecule has 0 atom stereocenters. The molecule has 2 aromatic carbocycles. The van der Waals surface area contributed by atoms with Gasteiger partial charge in [0.15, 0.2) is 7.14 Å². The van der Waals surface area contributed by atoms with Crippen molar-refractivity contribution < 1.29 is 65.2 Å². The maximum Gasteiger partial charge on any atom is 0.496 e. The number of benzene rings is 2. The molecule has 3 rings (SSSR count). The lowest BCUT2D eigenvalue weighted by Gasteiger charge is -2.12. The Labute approximate surface area is 187 Å². The van der Waals surface area contributed by atoms with Crippen molar-refractivity contribution in [3.8, 4) is 5.75 Å². The summed E-state index contributed by atoms with van der Waals surface area (Å²) >= 11 is -3.36. The number of methoxy groups -OCH3 is 1. The molecule has 1 radical (unpaired) electrons. The molecule has 1 aliphatic heterocycles. The number of hydrogen-bond acceptors (Lipinski definition) is 7. The minimum atomic E-state index is -5.17. The number of rotatable bonds is 6. The van der Waals surface area contributed by atoms with Gasteiger partial charge in [0.05, 0.1) is 12.7 Å². The molecule has 2 amide bonds. The van der Waals surface area contributed by atoms with Gasteiger partial charge in [0, 0.05) is 12.8 Å². The van der Waals surface area contributed by atoms with E-state index in [0.29, 0.717) is 18.0 Å². The van der Waals surface area contributed by atoms with Gasteiger partial charge in [-0.3, -0.25) is 9.59 Å². The number of halogens is 4. The number of carbonyl (C=O) groups excluding carboxylic acids is 4. The Kier molecular flexibility index (Phi) is 7.01. The Balaban J connectivity index is 1.84. The van der Waals surface area contributed by atoms with Crippen LogP contribution in [0.2, 0.25) is 0 Å². The van der Waals surface area contributed by atoms with Crippen LogP contribution in [0.5, 0.6) is 5.75 Å². The lowest BCUT2D eigenvalue weighted by atomic mass is 10.2. The average molecular weight is 565 g/mol. The Bertz CT molecular complexity index is 1020. The normalized spacial score (nSPS) is 14.0. The first-order chi connectivity index (χ1) is 15.1. The predicted molar refractivity (Wildman–Crippen MR) is 95.5 cm³/mol. The Morgan fingerprint density at radius 2 is 1.41 bits per heavy atom. The molecule has 0 bridgehead atoms. The number of nitrogens with zero attached hydrogens (tertiary/aromatic N) is 1. The number of imide groups is 1. The van der Waals surface area contributed by atoms with Gasteiger partial charge < -0.3 is 9.57 Å². The highest BCUT2D eigenvalue weighted by molar-refractivity contribution is 6.02. The van der Waals surface area contributed by atoms with Crippen LogP contribution in [0, 0.1) is 7.14 Å². The summed E-state index contributed by atoms with van der Waals surface area (Å²) in [5.74, 6) is -4.12. The van der Waals surface area contributed by atoms with Crippen molar-refractivity contribution in [1.29, 1.82) is 0 Å². The van der Waals surface area contributed by atoms with Crippen LogP contribution in [-0.2, 0) is 22.3 Å². The van der Waals surface area contributed by atoms with Crippen molar-refractivity contribution in [2.45, 2.75) is 19.0 Å². The van der Waals surface area contributed by atoms with E-state index in [4.69, 9.17) is 12.6 Å². The number of carbonyl (C=O) groups is 4. The molecule has 12 heteroatoms. The molecular weight excluding hydrogens is 550 g/mol. The minimum Gasteiger partial charge on any atom is -0.497 e. The molecule has 0 saturated carbocycles. The molecule has 1 aliphatic rings. The van der Waals surface area contributed by atoms with E-state index >= 15 is 0 Å². The molecule has 0 spiro atoms. The second-order valence-electron chi connectivity index (χ2n) is 6.24. The maximum atomic E-state index is 12.8. The van der Waals surface area contributed by atoms with E-state index < -0.39 is 50.2 Å². The summed E-state index contributed by atoms with van der Waals surface area (Å²) in [4.78, 5) is 51.7. The third-order valence-corrected chi connectivity index (χ3v) is 8.63. The van der Waals surface area contributed by atoms with E-state index in [1.807, 2.05) is 0 Å². The second kappa shape index (κ2) is 9.54. The molecule has 0 unspecified atom stereocenters. The molecule has 32 heavy (non-hydrogen) atoms. The number of amides is 2. The first-order valence-electron chi connectivity index (χ1n) is 8.92. The molecule has 8 nitrogen and oxygen atoms in total. The van der Waals surface area contributed by atoms with Crippen LogP contribution in [0.15, 0.2) is 48.5 Å². The number of alkyl halides is 3. The highest BCUT2D eigenvalue weighted by atomic mass is 127. The van der Waals surface area contributed by atoms with E-state index in [0.717, 1.165) is 0 Å². The summed E-state index contributed by atoms with van der Waals surface area (Å²) in [5, 5.41) is 0.386. The van der Waals surface area contributed by atoms with Crippen LogP contribution in [0.3, 0.4) is 0 Å². The van der Waals surface area contributed by atoms with Gasteiger partial charge in [0.1, 0.15) is 5.75 Å². The lowest BCUT2D eigenvalue weighted by molar-refractivity contribution is -1.04. The summed E-state index contributed by atoms with van der Waals surface area (Å²) in [6.07, 6.45) is -5.29. The Hall–Kier alpha value is -3.16. The summed E-state index contributed by atoms with van der Waals surface area (Å²) in [5.41, 5.74) is -0.0473. The van der Waals surface area contributed by atoms with Gasteiger partial charge >= 0.3 is 38.3 Å². The van der Waals surface area contributed by atoms with Crippen molar-refractivity contribution >= 4 is 23.8 Å². The SMILES string of the molecule is COc1ccc([I+](OC(=O)C(F)(F)F)c2ccc(C(=O)ON3C(=O)CCC3=O)cc2)cc1.